The number of imidazole rings is 1. The minimum atomic E-state index is -0.00892. The SMILES string of the molecule is CCCCC(=O)Nc1cncc(-c2cc3c(-c4cc5c(-n6cnc(C)c6)cccc5[nH]4)n[nH]c3cn2)c1. The van der Waals surface area contributed by atoms with Gasteiger partial charge in [-0.05, 0) is 43.7 Å². The number of hydrogen-bond acceptors (Lipinski definition) is 5. The molecule has 0 unspecified atom stereocenters. The summed E-state index contributed by atoms with van der Waals surface area (Å²) >= 11 is 0. The quantitative estimate of drug-likeness (QED) is 0.262. The van der Waals surface area contributed by atoms with Gasteiger partial charge in [-0.25, -0.2) is 4.98 Å². The van der Waals surface area contributed by atoms with Crippen LogP contribution in [0, 0.1) is 6.92 Å². The van der Waals surface area contributed by atoms with E-state index in [4.69, 9.17) is 0 Å². The highest BCUT2D eigenvalue weighted by molar-refractivity contribution is 5.99. The average Bonchev–Trinajstić information content (AvgIpc) is 3.64. The molecule has 5 aromatic heterocycles. The molecular weight excluding hydrogens is 464 g/mol. The number of unbranched alkanes of at least 4 members (excludes halogenated alkanes) is 1. The number of nitrogens with zero attached hydrogens (tertiary/aromatic N) is 5. The van der Waals surface area contributed by atoms with Gasteiger partial charge in [0.1, 0.15) is 5.69 Å². The Morgan fingerprint density at radius 2 is 1.97 bits per heavy atom. The number of aromatic nitrogens is 7. The van der Waals surface area contributed by atoms with Gasteiger partial charge in [-0.3, -0.25) is 19.9 Å². The number of H-pyrrole nitrogens is 2. The summed E-state index contributed by atoms with van der Waals surface area (Å²) in [6, 6.07) is 12.2. The first-order valence-electron chi connectivity index (χ1n) is 12.3. The van der Waals surface area contributed by atoms with Crippen molar-refractivity contribution in [1.29, 1.82) is 0 Å². The number of fused-ring (bicyclic) bond motifs is 2. The number of hydrogen-bond donors (Lipinski definition) is 3. The molecule has 0 aliphatic carbocycles. The van der Waals surface area contributed by atoms with Crippen molar-refractivity contribution in [2.45, 2.75) is 33.1 Å². The summed E-state index contributed by atoms with van der Waals surface area (Å²) in [6.07, 6.45) is 11.3. The molecule has 0 saturated carbocycles. The van der Waals surface area contributed by atoms with Crippen molar-refractivity contribution in [2.75, 3.05) is 5.32 Å². The van der Waals surface area contributed by atoms with E-state index in [1.165, 1.54) is 0 Å². The van der Waals surface area contributed by atoms with Crippen molar-refractivity contribution < 1.29 is 4.79 Å². The summed E-state index contributed by atoms with van der Waals surface area (Å²) in [5, 5.41) is 12.6. The maximum atomic E-state index is 12.2. The van der Waals surface area contributed by atoms with Crippen LogP contribution in [0.4, 0.5) is 5.69 Å². The lowest BCUT2D eigenvalue weighted by Gasteiger charge is -2.07. The van der Waals surface area contributed by atoms with Crippen LogP contribution in [0.2, 0.25) is 0 Å². The minimum Gasteiger partial charge on any atom is -0.353 e. The zero-order valence-electron chi connectivity index (χ0n) is 20.6. The van der Waals surface area contributed by atoms with Gasteiger partial charge in [0.05, 0.1) is 52.7 Å². The van der Waals surface area contributed by atoms with Gasteiger partial charge in [-0.2, -0.15) is 5.10 Å². The first kappa shape index (κ1) is 22.7. The zero-order valence-corrected chi connectivity index (χ0v) is 20.6. The Balaban J connectivity index is 1.37. The molecule has 6 aromatic rings. The lowest BCUT2D eigenvalue weighted by molar-refractivity contribution is -0.116. The summed E-state index contributed by atoms with van der Waals surface area (Å²) in [6.45, 7) is 4.04. The fourth-order valence-electron chi connectivity index (χ4n) is 4.53. The molecule has 0 atom stereocenters. The van der Waals surface area contributed by atoms with E-state index in [1.54, 1.807) is 18.6 Å². The van der Waals surface area contributed by atoms with Crippen LogP contribution in [0.25, 0.3) is 50.1 Å². The number of rotatable bonds is 7. The standard InChI is InChI=1S/C28H26N8O/c1-3-4-8-27(37)32-19-9-18(12-29-13-19)23-11-21-25(14-30-23)34-35-28(21)24-10-20-22(33-24)6-5-7-26(20)36-15-17(2)31-16-36/h5-7,9-16,33H,3-4,8H2,1-2H3,(H,32,37)(H,34,35). The minimum absolute atomic E-state index is 0.00892. The van der Waals surface area contributed by atoms with Crippen molar-refractivity contribution in [1.82, 2.24) is 34.7 Å². The highest BCUT2D eigenvalue weighted by atomic mass is 16.1. The number of anilines is 1. The second-order valence-corrected chi connectivity index (χ2v) is 9.15. The van der Waals surface area contributed by atoms with Gasteiger partial charge >= 0.3 is 0 Å². The maximum Gasteiger partial charge on any atom is 0.224 e. The van der Waals surface area contributed by atoms with E-state index in [2.05, 4.69) is 60.6 Å². The predicted molar refractivity (Wildman–Crippen MR) is 144 cm³/mol. The number of pyridine rings is 2. The van der Waals surface area contributed by atoms with Crippen LogP contribution in [-0.4, -0.2) is 40.6 Å². The zero-order chi connectivity index (χ0) is 25.4. The van der Waals surface area contributed by atoms with Crippen LogP contribution in [0.1, 0.15) is 31.9 Å². The number of amides is 1. The molecule has 1 aromatic carbocycles. The smallest absolute Gasteiger partial charge is 0.224 e. The van der Waals surface area contributed by atoms with E-state index in [1.807, 2.05) is 42.2 Å². The van der Waals surface area contributed by atoms with E-state index in [9.17, 15) is 4.79 Å². The Morgan fingerprint density at radius 1 is 1.05 bits per heavy atom. The number of carbonyl (C=O) groups is 1. The number of carbonyl (C=O) groups excluding carboxylic acids is 1. The Hall–Kier alpha value is -4.79. The van der Waals surface area contributed by atoms with Crippen molar-refractivity contribution in [3.8, 4) is 28.3 Å². The van der Waals surface area contributed by atoms with Gasteiger partial charge in [0.25, 0.3) is 0 Å². The summed E-state index contributed by atoms with van der Waals surface area (Å²) in [4.78, 5) is 29.0. The average molecular weight is 491 g/mol. The highest BCUT2D eigenvalue weighted by Gasteiger charge is 2.15. The normalized spacial score (nSPS) is 11.4. The summed E-state index contributed by atoms with van der Waals surface area (Å²) in [5.41, 5.74) is 7.79. The first-order valence-corrected chi connectivity index (χ1v) is 12.3. The van der Waals surface area contributed by atoms with Crippen LogP contribution in [0.15, 0.2) is 67.5 Å². The molecule has 0 aliphatic rings. The largest absolute Gasteiger partial charge is 0.353 e. The Morgan fingerprint density at radius 3 is 2.81 bits per heavy atom. The molecule has 0 aliphatic heterocycles. The monoisotopic (exact) mass is 490 g/mol. The predicted octanol–water partition coefficient (Wildman–Crippen LogP) is 5.79. The van der Waals surface area contributed by atoms with Gasteiger partial charge < -0.3 is 14.9 Å². The number of nitrogens with one attached hydrogen (secondary N) is 3. The first-order chi connectivity index (χ1) is 18.1. The van der Waals surface area contributed by atoms with Crippen molar-refractivity contribution in [3.63, 3.8) is 0 Å². The van der Waals surface area contributed by atoms with Crippen molar-refractivity contribution in [3.05, 3.63) is 73.2 Å². The molecule has 5 heterocycles. The Bertz CT molecular complexity index is 1740. The van der Waals surface area contributed by atoms with Crippen molar-refractivity contribution in [2.24, 2.45) is 0 Å². The van der Waals surface area contributed by atoms with E-state index in [0.717, 1.165) is 68.7 Å². The second-order valence-electron chi connectivity index (χ2n) is 9.15. The van der Waals surface area contributed by atoms with Gasteiger partial charge in [0, 0.05) is 40.7 Å². The van der Waals surface area contributed by atoms with E-state index < -0.39 is 0 Å². The molecule has 0 radical (unpaired) electrons. The highest BCUT2D eigenvalue weighted by Crippen LogP contribution is 2.33. The molecule has 37 heavy (non-hydrogen) atoms. The molecule has 3 N–H and O–H groups in total. The Labute approximate surface area is 213 Å². The third-order valence-corrected chi connectivity index (χ3v) is 6.41. The van der Waals surface area contributed by atoms with Crippen molar-refractivity contribution >= 4 is 33.4 Å². The van der Waals surface area contributed by atoms with Gasteiger partial charge in [0.2, 0.25) is 5.91 Å². The topological polar surface area (TPSA) is 117 Å². The molecule has 0 bridgehead atoms. The van der Waals surface area contributed by atoms with Crippen LogP contribution in [0.3, 0.4) is 0 Å². The van der Waals surface area contributed by atoms with Gasteiger partial charge in [0.15, 0.2) is 0 Å². The molecule has 0 spiro atoms. The fraction of sp³-hybridized carbons (Fsp3) is 0.179. The maximum absolute atomic E-state index is 12.2. The van der Waals surface area contributed by atoms with Crippen LogP contribution in [-0.2, 0) is 4.79 Å². The van der Waals surface area contributed by atoms with Crippen LogP contribution >= 0.6 is 0 Å². The molecule has 9 nitrogen and oxygen atoms in total. The summed E-state index contributed by atoms with van der Waals surface area (Å²) in [5.74, 6) is -0.00892. The number of aryl methyl sites for hydroxylation is 1. The van der Waals surface area contributed by atoms with Crippen LogP contribution < -0.4 is 5.32 Å². The third-order valence-electron chi connectivity index (χ3n) is 6.41. The number of aromatic amines is 2. The lowest BCUT2D eigenvalue weighted by Crippen LogP contribution is -2.11. The molecular formula is C28H26N8O. The molecule has 184 valence electrons. The van der Waals surface area contributed by atoms with E-state index >= 15 is 0 Å². The van der Waals surface area contributed by atoms with Gasteiger partial charge in [-0.15, -0.1) is 0 Å². The lowest BCUT2D eigenvalue weighted by atomic mass is 10.1. The summed E-state index contributed by atoms with van der Waals surface area (Å²) in [7, 11) is 0. The molecule has 0 saturated heterocycles. The third kappa shape index (κ3) is 4.35. The fourth-order valence-corrected chi connectivity index (χ4v) is 4.53. The van der Waals surface area contributed by atoms with Gasteiger partial charge in [-0.1, -0.05) is 19.4 Å². The van der Waals surface area contributed by atoms with E-state index in [-0.39, 0.29) is 5.91 Å². The molecule has 6 rings (SSSR count). The second kappa shape index (κ2) is 9.34. The van der Waals surface area contributed by atoms with E-state index in [0.29, 0.717) is 12.1 Å². The Kier molecular flexibility index (Phi) is 5.72. The molecule has 1 amide bonds. The summed E-state index contributed by atoms with van der Waals surface area (Å²) < 4.78 is 2.03. The molecule has 0 fully saturated rings. The molecule has 9 heteroatoms. The number of benzene rings is 1. The van der Waals surface area contributed by atoms with Crippen LogP contribution in [0.5, 0.6) is 0 Å².